The molecule has 1 heterocycles. The van der Waals surface area contributed by atoms with Gasteiger partial charge < -0.3 is 5.73 Å². The zero-order chi connectivity index (χ0) is 15.6. The molecule has 0 saturated carbocycles. The van der Waals surface area contributed by atoms with E-state index in [1.54, 1.807) is 12.1 Å². The van der Waals surface area contributed by atoms with Gasteiger partial charge in [-0.05, 0) is 44.0 Å². The summed E-state index contributed by atoms with van der Waals surface area (Å²) in [5, 5.41) is 0. The lowest BCUT2D eigenvalue weighted by Gasteiger charge is -2.33. The Morgan fingerprint density at radius 3 is 2.67 bits per heavy atom. The lowest BCUT2D eigenvalue weighted by atomic mass is 9.99. The van der Waals surface area contributed by atoms with E-state index in [1.807, 2.05) is 12.1 Å². The van der Waals surface area contributed by atoms with E-state index >= 15 is 0 Å². The van der Waals surface area contributed by atoms with Gasteiger partial charge in [-0.25, -0.2) is 8.42 Å². The number of sulfone groups is 1. The summed E-state index contributed by atoms with van der Waals surface area (Å²) in [6, 6.07) is 7.74. The van der Waals surface area contributed by atoms with Crippen molar-refractivity contribution in [3.63, 3.8) is 0 Å². The Morgan fingerprint density at radius 1 is 1.33 bits per heavy atom. The van der Waals surface area contributed by atoms with Crippen molar-refractivity contribution < 1.29 is 8.42 Å². The molecule has 2 rings (SSSR count). The zero-order valence-corrected chi connectivity index (χ0v) is 13.9. The molecule has 1 aromatic carbocycles. The van der Waals surface area contributed by atoms with Crippen LogP contribution in [0, 0.1) is 5.92 Å². The van der Waals surface area contributed by atoms with Gasteiger partial charge in [0.2, 0.25) is 0 Å². The first-order valence-electron chi connectivity index (χ1n) is 7.60. The second-order valence-electron chi connectivity index (χ2n) is 6.34. The Morgan fingerprint density at radius 2 is 2.00 bits per heavy atom. The summed E-state index contributed by atoms with van der Waals surface area (Å²) in [6.07, 6.45) is 1.59. The van der Waals surface area contributed by atoms with Gasteiger partial charge in [0.1, 0.15) is 0 Å². The number of hydrogen-bond acceptors (Lipinski definition) is 4. The summed E-state index contributed by atoms with van der Waals surface area (Å²) >= 11 is 0. The van der Waals surface area contributed by atoms with E-state index < -0.39 is 9.84 Å². The SMILES string of the molecule is CC(C)C(N)CCN(C)C1CCS(=O)(=O)c2ccccc21. The lowest BCUT2D eigenvalue weighted by molar-refractivity contribution is 0.219. The fraction of sp³-hybridized carbons (Fsp3) is 0.625. The summed E-state index contributed by atoms with van der Waals surface area (Å²) in [4.78, 5) is 2.75. The van der Waals surface area contributed by atoms with Crippen LogP contribution in [0.25, 0.3) is 0 Å². The molecule has 5 heteroatoms. The van der Waals surface area contributed by atoms with E-state index in [1.165, 1.54) is 0 Å². The van der Waals surface area contributed by atoms with Crippen molar-refractivity contribution in [3.8, 4) is 0 Å². The first-order valence-corrected chi connectivity index (χ1v) is 9.25. The molecule has 0 bridgehead atoms. The molecular formula is C16H26N2O2S. The van der Waals surface area contributed by atoms with Crippen molar-refractivity contribution in [1.29, 1.82) is 0 Å². The average molecular weight is 310 g/mol. The van der Waals surface area contributed by atoms with Crippen molar-refractivity contribution >= 4 is 9.84 Å². The predicted octanol–water partition coefficient (Wildman–Crippen LogP) is 2.21. The molecule has 2 N–H and O–H groups in total. The summed E-state index contributed by atoms with van der Waals surface area (Å²) < 4.78 is 24.3. The quantitative estimate of drug-likeness (QED) is 0.905. The van der Waals surface area contributed by atoms with Crippen molar-refractivity contribution in [1.82, 2.24) is 4.90 Å². The van der Waals surface area contributed by atoms with Gasteiger partial charge >= 0.3 is 0 Å². The molecule has 0 fully saturated rings. The number of benzene rings is 1. The molecule has 21 heavy (non-hydrogen) atoms. The average Bonchev–Trinajstić information content (AvgIpc) is 2.44. The third-order valence-electron chi connectivity index (χ3n) is 4.48. The molecule has 2 atom stereocenters. The second-order valence-corrected chi connectivity index (χ2v) is 8.42. The fourth-order valence-corrected chi connectivity index (χ4v) is 4.47. The Labute approximate surface area is 128 Å². The van der Waals surface area contributed by atoms with Crippen LogP contribution in [-0.4, -0.2) is 38.7 Å². The highest BCUT2D eigenvalue weighted by atomic mass is 32.2. The van der Waals surface area contributed by atoms with Crippen LogP contribution in [0.1, 0.15) is 38.3 Å². The summed E-state index contributed by atoms with van der Waals surface area (Å²) in [5.41, 5.74) is 7.04. The van der Waals surface area contributed by atoms with Crippen molar-refractivity contribution in [2.75, 3.05) is 19.3 Å². The molecule has 1 aliphatic rings. The molecule has 2 unspecified atom stereocenters. The molecule has 118 valence electrons. The van der Waals surface area contributed by atoms with Gasteiger partial charge in [-0.1, -0.05) is 32.0 Å². The zero-order valence-electron chi connectivity index (χ0n) is 13.1. The van der Waals surface area contributed by atoms with Gasteiger partial charge in [0, 0.05) is 12.1 Å². The first-order chi connectivity index (χ1) is 9.83. The largest absolute Gasteiger partial charge is 0.327 e. The Bertz CT molecular complexity index is 584. The molecular weight excluding hydrogens is 284 g/mol. The topological polar surface area (TPSA) is 63.4 Å². The molecule has 0 aromatic heterocycles. The minimum Gasteiger partial charge on any atom is -0.327 e. The molecule has 0 saturated heterocycles. The van der Waals surface area contributed by atoms with Crippen LogP contribution in [0.4, 0.5) is 0 Å². The molecule has 1 aromatic rings. The number of nitrogens with two attached hydrogens (primary N) is 1. The molecule has 0 spiro atoms. The number of nitrogens with zero attached hydrogens (tertiary/aromatic N) is 1. The van der Waals surface area contributed by atoms with Gasteiger partial charge in [-0.15, -0.1) is 0 Å². The number of rotatable bonds is 5. The highest BCUT2D eigenvalue weighted by Crippen LogP contribution is 2.35. The first kappa shape index (κ1) is 16.5. The second kappa shape index (κ2) is 6.46. The van der Waals surface area contributed by atoms with E-state index in [4.69, 9.17) is 5.73 Å². The number of fused-ring (bicyclic) bond motifs is 1. The number of hydrogen-bond donors (Lipinski definition) is 1. The highest BCUT2D eigenvalue weighted by molar-refractivity contribution is 7.91. The Balaban J connectivity index is 2.14. The predicted molar refractivity (Wildman–Crippen MR) is 85.9 cm³/mol. The van der Waals surface area contributed by atoms with Gasteiger partial charge in [-0.3, -0.25) is 4.90 Å². The molecule has 0 radical (unpaired) electrons. The van der Waals surface area contributed by atoms with Crippen LogP contribution >= 0.6 is 0 Å². The summed E-state index contributed by atoms with van der Waals surface area (Å²) in [6.45, 7) is 5.15. The summed E-state index contributed by atoms with van der Waals surface area (Å²) in [5.74, 6) is 0.701. The van der Waals surface area contributed by atoms with Crippen LogP contribution in [0.2, 0.25) is 0 Å². The van der Waals surface area contributed by atoms with Crippen LogP contribution in [0.3, 0.4) is 0 Å². The van der Waals surface area contributed by atoms with E-state index in [9.17, 15) is 8.42 Å². The maximum Gasteiger partial charge on any atom is 0.178 e. The van der Waals surface area contributed by atoms with Crippen molar-refractivity contribution in [2.45, 2.75) is 43.7 Å². The van der Waals surface area contributed by atoms with Gasteiger partial charge in [0.25, 0.3) is 0 Å². The minimum atomic E-state index is -3.10. The van der Waals surface area contributed by atoms with Gasteiger partial charge in [0.15, 0.2) is 9.84 Å². The third-order valence-corrected chi connectivity index (χ3v) is 6.29. The molecule has 4 nitrogen and oxygen atoms in total. The van der Waals surface area contributed by atoms with Crippen LogP contribution in [0.15, 0.2) is 29.2 Å². The monoisotopic (exact) mass is 310 g/mol. The van der Waals surface area contributed by atoms with E-state index in [2.05, 4.69) is 25.8 Å². The highest BCUT2D eigenvalue weighted by Gasteiger charge is 2.31. The standard InChI is InChI=1S/C16H26N2O2S/c1-12(2)14(17)8-10-18(3)15-9-11-21(19,20)16-7-5-4-6-13(15)16/h4-7,12,14-15H,8-11,17H2,1-3H3. The summed E-state index contributed by atoms with van der Waals surface area (Å²) in [7, 11) is -1.04. The molecule has 1 aliphatic heterocycles. The Hall–Kier alpha value is -0.910. The maximum atomic E-state index is 12.2. The van der Waals surface area contributed by atoms with E-state index in [-0.39, 0.29) is 17.8 Å². The van der Waals surface area contributed by atoms with Gasteiger partial charge in [-0.2, -0.15) is 0 Å². The van der Waals surface area contributed by atoms with Crippen molar-refractivity contribution in [3.05, 3.63) is 29.8 Å². The fourth-order valence-electron chi connectivity index (χ4n) is 2.87. The smallest absolute Gasteiger partial charge is 0.178 e. The Kier molecular flexibility index (Phi) is 5.07. The van der Waals surface area contributed by atoms with E-state index in [0.717, 1.165) is 18.5 Å². The van der Waals surface area contributed by atoms with Crippen molar-refractivity contribution in [2.24, 2.45) is 11.7 Å². The van der Waals surface area contributed by atoms with Crippen LogP contribution in [-0.2, 0) is 9.84 Å². The van der Waals surface area contributed by atoms with Crippen LogP contribution in [0.5, 0.6) is 0 Å². The van der Waals surface area contributed by atoms with Gasteiger partial charge in [0.05, 0.1) is 10.6 Å². The third kappa shape index (κ3) is 3.65. The lowest BCUT2D eigenvalue weighted by Crippen LogP contribution is -2.36. The minimum absolute atomic E-state index is 0.170. The van der Waals surface area contributed by atoms with Crippen LogP contribution < -0.4 is 5.73 Å². The molecule has 0 amide bonds. The maximum absolute atomic E-state index is 12.2. The normalized spacial score (nSPS) is 22.3. The molecule has 0 aliphatic carbocycles. The van der Waals surface area contributed by atoms with E-state index in [0.29, 0.717) is 17.2 Å².